The van der Waals surface area contributed by atoms with Crippen molar-refractivity contribution in [2.45, 2.75) is 6.54 Å². The monoisotopic (exact) mass is 421 g/mol. The number of amides is 2. The van der Waals surface area contributed by atoms with E-state index in [-0.39, 0.29) is 23.4 Å². The van der Waals surface area contributed by atoms with E-state index in [2.05, 4.69) is 4.74 Å². The van der Waals surface area contributed by atoms with E-state index in [0.29, 0.717) is 26.2 Å². The number of nitrogens with zero attached hydrogens (tertiary/aromatic N) is 3. The molecule has 0 N–H and O–H groups in total. The van der Waals surface area contributed by atoms with Gasteiger partial charge in [0.25, 0.3) is 0 Å². The number of anilines is 1. The predicted molar refractivity (Wildman–Crippen MR) is 105 cm³/mol. The normalized spacial score (nSPS) is 14.5. The van der Waals surface area contributed by atoms with E-state index < -0.39 is 29.5 Å². The van der Waals surface area contributed by atoms with Gasteiger partial charge in [0.15, 0.2) is 11.6 Å². The number of hydrogen-bond donors (Lipinski definition) is 0. The fraction of sp³-hybridized carbons (Fsp3) is 0.333. The van der Waals surface area contributed by atoms with Gasteiger partial charge in [0.2, 0.25) is 0 Å². The molecule has 2 amide bonds. The van der Waals surface area contributed by atoms with Crippen molar-refractivity contribution in [1.82, 2.24) is 9.80 Å². The number of carbonyl (C=O) groups excluding carboxylic acids is 2. The van der Waals surface area contributed by atoms with E-state index in [9.17, 15) is 22.8 Å². The molecule has 1 fully saturated rings. The van der Waals surface area contributed by atoms with Crippen molar-refractivity contribution in [3.63, 3.8) is 0 Å². The molecule has 0 atom stereocenters. The van der Waals surface area contributed by atoms with Gasteiger partial charge in [-0.2, -0.15) is 0 Å². The quantitative estimate of drug-likeness (QED) is 0.712. The summed E-state index contributed by atoms with van der Waals surface area (Å²) in [5, 5.41) is 0. The summed E-state index contributed by atoms with van der Waals surface area (Å²) in [5.41, 5.74) is -0.225. The van der Waals surface area contributed by atoms with Crippen molar-refractivity contribution in [3.05, 3.63) is 65.0 Å². The summed E-state index contributed by atoms with van der Waals surface area (Å²) >= 11 is 0. The number of hydrogen-bond acceptors (Lipinski definition) is 4. The standard InChI is InChI=1S/C21H22F3N3O3/c1-25-8-10-26(11-9-25)21(29)27(18-5-3-4-16(22)19(18)24)13-15-7-6-14(12-17(15)23)20(28)30-2/h3-7,12H,8-11,13H2,1-2H3. The van der Waals surface area contributed by atoms with E-state index in [1.54, 1.807) is 0 Å². The predicted octanol–water partition coefficient (Wildman–Crippen LogP) is 3.26. The molecule has 0 saturated carbocycles. The van der Waals surface area contributed by atoms with Crippen molar-refractivity contribution in [3.8, 4) is 0 Å². The molecule has 1 heterocycles. The number of ether oxygens (including phenoxy) is 1. The largest absolute Gasteiger partial charge is 0.465 e. The Labute approximate surface area is 172 Å². The molecule has 30 heavy (non-hydrogen) atoms. The van der Waals surface area contributed by atoms with Crippen molar-refractivity contribution in [2.24, 2.45) is 0 Å². The molecule has 0 spiro atoms. The topological polar surface area (TPSA) is 53.1 Å². The lowest BCUT2D eigenvalue weighted by atomic mass is 10.1. The van der Waals surface area contributed by atoms with E-state index >= 15 is 0 Å². The van der Waals surface area contributed by atoms with Gasteiger partial charge in [-0.3, -0.25) is 4.90 Å². The maximum atomic E-state index is 14.6. The molecule has 9 heteroatoms. The zero-order chi connectivity index (χ0) is 21.8. The van der Waals surface area contributed by atoms with Gasteiger partial charge >= 0.3 is 12.0 Å². The van der Waals surface area contributed by atoms with Crippen molar-refractivity contribution in [2.75, 3.05) is 45.2 Å². The smallest absolute Gasteiger partial charge is 0.337 e. The second kappa shape index (κ2) is 9.17. The lowest BCUT2D eigenvalue weighted by molar-refractivity contribution is 0.0600. The van der Waals surface area contributed by atoms with E-state index in [1.165, 1.54) is 36.3 Å². The summed E-state index contributed by atoms with van der Waals surface area (Å²) < 4.78 is 47.5. The van der Waals surface area contributed by atoms with Gasteiger partial charge < -0.3 is 14.5 Å². The Morgan fingerprint density at radius 2 is 1.73 bits per heavy atom. The molecule has 2 aromatic carbocycles. The van der Waals surface area contributed by atoms with E-state index in [1.807, 2.05) is 11.9 Å². The Bertz CT molecular complexity index is 946. The van der Waals surface area contributed by atoms with Crippen LogP contribution in [0.2, 0.25) is 0 Å². The maximum Gasteiger partial charge on any atom is 0.337 e. The second-order valence-corrected chi connectivity index (χ2v) is 7.03. The zero-order valence-corrected chi connectivity index (χ0v) is 16.7. The molecule has 6 nitrogen and oxygen atoms in total. The Kier molecular flexibility index (Phi) is 6.61. The van der Waals surface area contributed by atoms with Crippen LogP contribution in [0.5, 0.6) is 0 Å². The van der Waals surface area contributed by atoms with Gasteiger partial charge in [-0.1, -0.05) is 12.1 Å². The van der Waals surface area contributed by atoms with Gasteiger partial charge in [-0.05, 0) is 31.3 Å². The first-order valence-corrected chi connectivity index (χ1v) is 9.37. The highest BCUT2D eigenvalue weighted by Crippen LogP contribution is 2.26. The fourth-order valence-corrected chi connectivity index (χ4v) is 3.22. The molecule has 0 aliphatic carbocycles. The molecule has 0 radical (unpaired) electrons. The highest BCUT2D eigenvalue weighted by atomic mass is 19.2. The maximum absolute atomic E-state index is 14.6. The van der Waals surface area contributed by atoms with Crippen LogP contribution >= 0.6 is 0 Å². The summed E-state index contributed by atoms with van der Waals surface area (Å²) in [5.74, 6) is -3.76. The molecule has 160 valence electrons. The van der Waals surface area contributed by atoms with Crippen LogP contribution < -0.4 is 4.90 Å². The fourth-order valence-electron chi connectivity index (χ4n) is 3.22. The third-order valence-corrected chi connectivity index (χ3v) is 5.03. The molecule has 3 rings (SSSR count). The van der Waals surface area contributed by atoms with Gasteiger partial charge in [-0.25, -0.2) is 22.8 Å². The van der Waals surface area contributed by atoms with Gasteiger partial charge in [0.1, 0.15) is 5.82 Å². The van der Waals surface area contributed by atoms with Crippen LogP contribution in [0, 0.1) is 17.5 Å². The first-order chi connectivity index (χ1) is 14.3. The second-order valence-electron chi connectivity index (χ2n) is 7.03. The third kappa shape index (κ3) is 4.56. The number of urea groups is 1. The number of likely N-dealkylation sites (N-methyl/N-ethyl adjacent to an activating group) is 1. The molecular formula is C21H22F3N3O3. The minimum atomic E-state index is -1.19. The van der Waals surface area contributed by atoms with Gasteiger partial charge in [0, 0.05) is 31.7 Å². The Balaban J connectivity index is 1.95. The number of methoxy groups -OCH3 is 1. The minimum absolute atomic E-state index is 0.00707. The number of rotatable bonds is 4. The lowest BCUT2D eigenvalue weighted by Gasteiger charge is -2.36. The average molecular weight is 421 g/mol. The number of benzene rings is 2. The molecule has 0 aromatic heterocycles. The van der Waals surface area contributed by atoms with Crippen molar-refractivity contribution in [1.29, 1.82) is 0 Å². The van der Waals surface area contributed by atoms with Crippen LogP contribution in [0.25, 0.3) is 0 Å². The number of carbonyl (C=O) groups is 2. The molecule has 0 bridgehead atoms. The van der Waals surface area contributed by atoms with Gasteiger partial charge in [0.05, 0.1) is 24.9 Å². The van der Waals surface area contributed by atoms with Crippen LogP contribution in [0.15, 0.2) is 36.4 Å². The SMILES string of the molecule is COC(=O)c1ccc(CN(C(=O)N2CCN(C)CC2)c2cccc(F)c2F)c(F)c1. The van der Waals surface area contributed by atoms with Crippen molar-refractivity contribution < 1.29 is 27.5 Å². The van der Waals surface area contributed by atoms with E-state index in [0.717, 1.165) is 17.0 Å². The van der Waals surface area contributed by atoms with E-state index in [4.69, 9.17) is 0 Å². The van der Waals surface area contributed by atoms with Crippen LogP contribution in [-0.4, -0.2) is 62.1 Å². The summed E-state index contributed by atoms with van der Waals surface area (Å²) in [6.07, 6.45) is 0. The summed E-state index contributed by atoms with van der Waals surface area (Å²) in [6.45, 7) is 1.75. The molecule has 1 saturated heterocycles. The molecule has 2 aromatic rings. The van der Waals surface area contributed by atoms with Crippen LogP contribution in [0.3, 0.4) is 0 Å². The highest BCUT2D eigenvalue weighted by molar-refractivity contribution is 5.92. The number of halogens is 3. The molecule has 0 unspecified atom stereocenters. The highest BCUT2D eigenvalue weighted by Gasteiger charge is 2.28. The minimum Gasteiger partial charge on any atom is -0.465 e. The molecule has 1 aliphatic rings. The van der Waals surface area contributed by atoms with Crippen LogP contribution in [0.4, 0.5) is 23.7 Å². The number of esters is 1. The third-order valence-electron chi connectivity index (χ3n) is 5.03. The average Bonchev–Trinajstić information content (AvgIpc) is 2.74. The summed E-state index contributed by atoms with van der Waals surface area (Å²) in [6, 6.07) is 6.62. The van der Waals surface area contributed by atoms with Crippen LogP contribution in [0.1, 0.15) is 15.9 Å². The molecule has 1 aliphatic heterocycles. The Morgan fingerprint density at radius 1 is 1.03 bits per heavy atom. The number of piperazine rings is 1. The first kappa shape index (κ1) is 21.6. The first-order valence-electron chi connectivity index (χ1n) is 9.37. The lowest BCUT2D eigenvalue weighted by Crippen LogP contribution is -2.52. The van der Waals surface area contributed by atoms with Crippen molar-refractivity contribution >= 4 is 17.7 Å². The van der Waals surface area contributed by atoms with Crippen LogP contribution in [-0.2, 0) is 11.3 Å². The molecular weight excluding hydrogens is 399 g/mol. The summed E-state index contributed by atoms with van der Waals surface area (Å²) in [4.78, 5) is 29.3. The van der Waals surface area contributed by atoms with Gasteiger partial charge in [-0.15, -0.1) is 0 Å². The Morgan fingerprint density at radius 3 is 2.37 bits per heavy atom. The summed E-state index contributed by atoms with van der Waals surface area (Å²) in [7, 11) is 3.10. The zero-order valence-electron chi connectivity index (χ0n) is 16.7. The Hall–Kier alpha value is -3.07.